The van der Waals surface area contributed by atoms with Crippen molar-refractivity contribution in [3.8, 4) is 37.9 Å². The average molecular weight is 766 g/mol. The minimum absolute atomic E-state index is 1.16. The van der Waals surface area contributed by atoms with Crippen molar-refractivity contribution in [1.82, 2.24) is 13.7 Å². The fraction of sp³-hybridized carbons (Fsp3) is 0.0385. The number of hydrogen-bond donors (Lipinski definition) is 0. The summed E-state index contributed by atoms with van der Waals surface area (Å²) in [6.07, 6.45) is 0. The number of thiophene rings is 2. The number of para-hydroxylation sites is 4. The summed E-state index contributed by atoms with van der Waals surface area (Å²) in [5, 5.41) is 5.01. The Balaban J connectivity index is 1.11. The van der Waals surface area contributed by atoms with Crippen LogP contribution >= 0.6 is 22.7 Å². The Morgan fingerprint density at radius 1 is 0.316 bits per heavy atom. The van der Waals surface area contributed by atoms with E-state index in [-0.39, 0.29) is 0 Å². The molecule has 5 heterocycles. The summed E-state index contributed by atoms with van der Waals surface area (Å²) in [5.41, 5.74) is 16.0. The topological polar surface area (TPSA) is 14.8 Å². The highest BCUT2D eigenvalue weighted by Crippen LogP contribution is 2.48. The van der Waals surface area contributed by atoms with Crippen molar-refractivity contribution in [1.29, 1.82) is 0 Å². The van der Waals surface area contributed by atoms with Crippen LogP contribution < -0.4 is 0 Å². The first kappa shape index (κ1) is 32.6. The fourth-order valence-corrected chi connectivity index (χ4v) is 11.6. The van der Waals surface area contributed by atoms with Gasteiger partial charge in [-0.3, -0.25) is 0 Å². The van der Waals surface area contributed by atoms with Gasteiger partial charge in [0.25, 0.3) is 0 Å². The number of fused-ring (bicyclic) bond motifs is 9. The summed E-state index contributed by atoms with van der Waals surface area (Å²) < 4.78 is 10.0. The van der Waals surface area contributed by atoms with Crippen molar-refractivity contribution in [2.24, 2.45) is 0 Å². The molecule has 7 aromatic carbocycles. The number of nitrogens with zero attached hydrogens (tertiary/aromatic N) is 3. The number of aryl methyl sites for hydroxylation is 2. The number of aromatic nitrogens is 3. The fourth-order valence-electron chi connectivity index (χ4n) is 9.15. The van der Waals surface area contributed by atoms with Gasteiger partial charge in [0.2, 0.25) is 0 Å². The summed E-state index contributed by atoms with van der Waals surface area (Å²) in [7, 11) is 0. The van der Waals surface area contributed by atoms with E-state index >= 15 is 0 Å². The van der Waals surface area contributed by atoms with Crippen LogP contribution in [0.15, 0.2) is 176 Å². The lowest BCUT2D eigenvalue weighted by Crippen LogP contribution is -1.94. The Morgan fingerprint density at radius 3 is 1.32 bits per heavy atom. The Hall–Kier alpha value is -6.66. The predicted octanol–water partition coefficient (Wildman–Crippen LogP) is 15.1. The third-order valence-corrected chi connectivity index (χ3v) is 14.0. The molecule has 0 saturated heterocycles. The summed E-state index contributed by atoms with van der Waals surface area (Å²) in [6, 6.07) is 64.8. The van der Waals surface area contributed by atoms with Crippen molar-refractivity contribution < 1.29 is 0 Å². The van der Waals surface area contributed by atoms with E-state index in [1.165, 1.54) is 107 Å². The van der Waals surface area contributed by atoms with Gasteiger partial charge in [0.05, 0.1) is 42.5 Å². The Labute approximate surface area is 337 Å². The van der Waals surface area contributed by atoms with E-state index in [9.17, 15) is 0 Å². The zero-order valence-corrected chi connectivity index (χ0v) is 33.0. The first-order chi connectivity index (χ1) is 28.1. The predicted molar refractivity (Wildman–Crippen MR) is 246 cm³/mol. The maximum absolute atomic E-state index is 2.46. The maximum atomic E-state index is 2.46. The van der Waals surface area contributed by atoms with Gasteiger partial charge in [-0.25, -0.2) is 0 Å². The second kappa shape index (κ2) is 12.4. The van der Waals surface area contributed by atoms with Gasteiger partial charge in [-0.1, -0.05) is 108 Å². The van der Waals surface area contributed by atoms with Gasteiger partial charge in [0.1, 0.15) is 0 Å². The lowest BCUT2D eigenvalue weighted by molar-refractivity contribution is 1.17. The third-order valence-electron chi connectivity index (χ3n) is 11.5. The maximum Gasteiger partial charge on any atom is 0.0711 e. The summed E-state index contributed by atoms with van der Waals surface area (Å²) >= 11 is 3.82. The van der Waals surface area contributed by atoms with Crippen molar-refractivity contribution in [3.05, 3.63) is 187 Å². The van der Waals surface area contributed by atoms with E-state index in [1.54, 1.807) is 0 Å². The number of rotatable bonds is 5. The molecule has 0 aliphatic rings. The molecule has 0 atom stereocenters. The molecule has 0 N–H and O–H groups in total. The molecular formula is C52H35N3S2. The zero-order chi connectivity index (χ0) is 37.8. The molecule has 0 unspecified atom stereocenters. The van der Waals surface area contributed by atoms with Gasteiger partial charge in [-0.2, -0.15) is 0 Å². The highest BCUT2D eigenvalue weighted by atomic mass is 32.1. The van der Waals surface area contributed by atoms with E-state index in [1.807, 2.05) is 22.7 Å². The molecule has 270 valence electrons. The molecule has 12 rings (SSSR count). The van der Waals surface area contributed by atoms with Crippen LogP contribution in [0.5, 0.6) is 0 Å². The zero-order valence-electron chi connectivity index (χ0n) is 31.4. The summed E-state index contributed by atoms with van der Waals surface area (Å²) in [4.78, 5) is 2.58. The monoisotopic (exact) mass is 765 g/mol. The molecule has 0 saturated carbocycles. The van der Waals surface area contributed by atoms with Crippen LogP contribution in [0.2, 0.25) is 0 Å². The van der Waals surface area contributed by atoms with E-state index < -0.39 is 0 Å². The second-order valence-electron chi connectivity index (χ2n) is 15.2. The molecule has 0 bridgehead atoms. The van der Waals surface area contributed by atoms with Crippen LogP contribution in [0.25, 0.3) is 102 Å². The van der Waals surface area contributed by atoms with Crippen molar-refractivity contribution >= 4 is 86.7 Å². The van der Waals surface area contributed by atoms with Gasteiger partial charge in [0.15, 0.2) is 0 Å². The average Bonchev–Trinajstić information content (AvgIpc) is 4.05. The number of hydrogen-bond acceptors (Lipinski definition) is 2. The second-order valence-corrected chi connectivity index (χ2v) is 17.3. The van der Waals surface area contributed by atoms with Crippen LogP contribution in [-0.4, -0.2) is 13.7 Å². The smallest absolute Gasteiger partial charge is 0.0711 e. The molecule has 0 amide bonds. The molecule has 0 radical (unpaired) electrons. The van der Waals surface area contributed by atoms with Crippen LogP contribution in [0.3, 0.4) is 0 Å². The van der Waals surface area contributed by atoms with Crippen molar-refractivity contribution in [2.75, 3.05) is 0 Å². The van der Waals surface area contributed by atoms with E-state index in [0.29, 0.717) is 0 Å². The molecule has 0 aliphatic carbocycles. The Kier molecular flexibility index (Phi) is 7.10. The van der Waals surface area contributed by atoms with E-state index in [4.69, 9.17) is 0 Å². The minimum atomic E-state index is 1.16. The molecule has 5 heteroatoms. The standard InChI is InChI=1S/C52H35N3S2/c1-32-24-33(2)26-35(25-32)50-31-48-52(57-50)51-47(55(48)38-18-10-5-11-19-38)30-49(56-51)34-22-23-44-40(27-34)42-29-45-41(28-46(42)54(44)37-16-8-4-9-17-37)39-20-12-13-21-43(39)53(45)36-14-6-3-7-15-36/h3-31H,1-2H3. The van der Waals surface area contributed by atoms with Gasteiger partial charge >= 0.3 is 0 Å². The molecule has 3 nitrogen and oxygen atoms in total. The first-order valence-corrected chi connectivity index (χ1v) is 21.1. The first-order valence-electron chi connectivity index (χ1n) is 19.4. The highest BCUT2D eigenvalue weighted by molar-refractivity contribution is 7.30. The van der Waals surface area contributed by atoms with Crippen LogP contribution in [0.4, 0.5) is 0 Å². The summed E-state index contributed by atoms with van der Waals surface area (Å²) in [5.74, 6) is 0. The molecule has 0 spiro atoms. The summed E-state index contributed by atoms with van der Waals surface area (Å²) in [6.45, 7) is 4.38. The Morgan fingerprint density at radius 2 is 0.754 bits per heavy atom. The molecule has 57 heavy (non-hydrogen) atoms. The molecule has 0 fully saturated rings. The van der Waals surface area contributed by atoms with E-state index in [2.05, 4.69) is 203 Å². The SMILES string of the molecule is Cc1cc(C)cc(-c2cc3c(s2)c2sc(-c4ccc5c(c4)c4cc6c(cc4n5-c4ccccc4)c4ccccc4n6-c4ccccc4)cc2n3-c2ccccc2)c1. The van der Waals surface area contributed by atoms with Gasteiger partial charge in [-0.15, -0.1) is 22.7 Å². The minimum Gasteiger partial charge on any atom is -0.309 e. The van der Waals surface area contributed by atoms with Gasteiger partial charge < -0.3 is 13.7 Å². The van der Waals surface area contributed by atoms with Crippen molar-refractivity contribution in [3.63, 3.8) is 0 Å². The van der Waals surface area contributed by atoms with Crippen molar-refractivity contribution in [2.45, 2.75) is 13.8 Å². The Bertz CT molecular complexity index is 3500. The molecular weight excluding hydrogens is 731 g/mol. The lowest BCUT2D eigenvalue weighted by atomic mass is 10.1. The largest absolute Gasteiger partial charge is 0.309 e. The molecule has 12 aromatic rings. The van der Waals surface area contributed by atoms with E-state index in [0.717, 1.165) is 5.69 Å². The highest BCUT2D eigenvalue weighted by Gasteiger charge is 2.22. The quantitative estimate of drug-likeness (QED) is 0.166. The normalized spacial score (nSPS) is 12.0. The van der Waals surface area contributed by atoms with Crippen LogP contribution in [0, 0.1) is 13.8 Å². The van der Waals surface area contributed by atoms with Gasteiger partial charge in [0, 0.05) is 48.4 Å². The van der Waals surface area contributed by atoms with Gasteiger partial charge in [-0.05, 0) is 104 Å². The molecule has 5 aromatic heterocycles. The number of benzene rings is 7. The lowest BCUT2D eigenvalue weighted by Gasteiger charge is -2.09. The van der Waals surface area contributed by atoms with Crippen LogP contribution in [0.1, 0.15) is 11.1 Å². The third kappa shape index (κ3) is 4.96. The molecule has 0 aliphatic heterocycles. The van der Waals surface area contributed by atoms with Crippen LogP contribution in [-0.2, 0) is 0 Å².